The van der Waals surface area contributed by atoms with E-state index >= 15 is 0 Å². The Labute approximate surface area is 134 Å². The normalized spacial score (nSPS) is 10.4. The van der Waals surface area contributed by atoms with Crippen LogP contribution in [0.25, 0.3) is 0 Å². The third-order valence-electron chi connectivity index (χ3n) is 2.40. The van der Waals surface area contributed by atoms with Crippen LogP contribution in [0, 0.1) is 0 Å². The zero-order chi connectivity index (χ0) is 15.1. The Morgan fingerprint density at radius 2 is 2.14 bits per heavy atom. The summed E-state index contributed by atoms with van der Waals surface area (Å²) in [6.07, 6.45) is 0. The van der Waals surface area contributed by atoms with Gasteiger partial charge in [-0.1, -0.05) is 27.7 Å². The molecule has 2 aromatic rings. The van der Waals surface area contributed by atoms with Crippen molar-refractivity contribution in [2.45, 2.75) is 11.7 Å². The second-order valence-corrected chi connectivity index (χ2v) is 5.82. The molecule has 0 spiro atoms. The molecule has 7 nitrogen and oxygen atoms in total. The SMILES string of the molecule is COC(=O)Cn1nnnc1SCCOc1ccc(Br)cc1. The molecular weight excluding hydrogens is 360 g/mol. The first kappa shape index (κ1) is 15.8. The van der Waals surface area contributed by atoms with E-state index in [1.807, 2.05) is 24.3 Å². The molecule has 112 valence electrons. The Balaban J connectivity index is 1.77. The Morgan fingerprint density at radius 1 is 1.38 bits per heavy atom. The Bertz CT molecular complexity index is 590. The number of thioether (sulfide) groups is 1. The summed E-state index contributed by atoms with van der Waals surface area (Å²) in [4.78, 5) is 11.2. The van der Waals surface area contributed by atoms with Crippen LogP contribution < -0.4 is 4.74 Å². The Kier molecular flexibility index (Phi) is 6.00. The van der Waals surface area contributed by atoms with Crippen molar-refractivity contribution in [2.75, 3.05) is 19.5 Å². The first-order valence-corrected chi connectivity index (χ1v) is 7.81. The molecule has 21 heavy (non-hydrogen) atoms. The van der Waals surface area contributed by atoms with Crippen LogP contribution in [0.4, 0.5) is 0 Å². The first-order chi connectivity index (χ1) is 10.2. The Morgan fingerprint density at radius 3 is 2.86 bits per heavy atom. The van der Waals surface area contributed by atoms with Crippen molar-refractivity contribution in [1.29, 1.82) is 0 Å². The summed E-state index contributed by atoms with van der Waals surface area (Å²) in [6, 6.07) is 7.60. The molecule has 0 fully saturated rings. The summed E-state index contributed by atoms with van der Waals surface area (Å²) in [6.45, 7) is 0.511. The van der Waals surface area contributed by atoms with Gasteiger partial charge in [0.2, 0.25) is 5.16 Å². The lowest BCUT2D eigenvalue weighted by Crippen LogP contribution is -2.14. The molecule has 0 amide bonds. The fourth-order valence-electron chi connectivity index (χ4n) is 1.41. The van der Waals surface area contributed by atoms with Gasteiger partial charge in [-0.3, -0.25) is 4.79 Å². The topological polar surface area (TPSA) is 79.1 Å². The molecule has 0 N–H and O–H groups in total. The van der Waals surface area contributed by atoms with Gasteiger partial charge in [-0.2, -0.15) is 0 Å². The van der Waals surface area contributed by atoms with Crippen LogP contribution in [-0.4, -0.2) is 45.6 Å². The summed E-state index contributed by atoms with van der Waals surface area (Å²) < 4.78 is 12.6. The van der Waals surface area contributed by atoms with Crippen molar-refractivity contribution in [3.63, 3.8) is 0 Å². The van der Waals surface area contributed by atoms with Crippen molar-refractivity contribution in [3.05, 3.63) is 28.7 Å². The number of benzene rings is 1. The molecular formula is C12H13BrN4O3S. The molecule has 0 bridgehead atoms. The number of hydrogen-bond donors (Lipinski definition) is 0. The highest BCUT2D eigenvalue weighted by atomic mass is 79.9. The van der Waals surface area contributed by atoms with Crippen molar-refractivity contribution in [2.24, 2.45) is 0 Å². The van der Waals surface area contributed by atoms with E-state index in [0.717, 1.165) is 10.2 Å². The molecule has 0 saturated heterocycles. The van der Waals surface area contributed by atoms with Crippen LogP contribution >= 0.6 is 27.7 Å². The minimum atomic E-state index is -0.393. The van der Waals surface area contributed by atoms with E-state index in [0.29, 0.717) is 17.5 Å². The van der Waals surface area contributed by atoms with Gasteiger partial charge in [-0.25, -0.2) is 4.68 Å². The van der Waals surface area contributed by atoms with Crippen LogP contribution in [0.5, 0.6) is 5.75 Å². The van der Waals surface area contributed by atoms with Crippen LogP contribution in [0.1, 0.15) is 0 Å². The predicted molar refractivity (Wildman–Crippen MR) is 80.2 cm³/mol. The molecule has 9 heteroatoms. The van der Waals surface area contributed by atoms with Crippen molar-refractivity contribution >= 4 is 33.7 Å². The van der Waals surface area contributed by atoms with E-state index in [1.54, 1.807) is 0 Å². The third kappa shape index (κ3) is 5.01. The van der Waals surface area contributed by atoms with Crippen LogP contribution in [0.3, 0.4) is 0 Å². The van der Waals surface area contributed by atoms with Crippen LogP contribution in [0.2, 0.25) is 0 Å². The number of nitrogens with zero attached hydrogens (tertiary/aromatic N) is 4. The summed E-state index contributed by atoms with van der Waals surface area (Å²) >= 11 is 4.78. The number of ether oxygens (including phenoxy) is 2. The van der Waals surface area contributed by atoms with Crippen LogP contribution in [0.15, 0.2) is 33.9 Å². The molecule has 0 radical (unpaired) electrons. The average Bonchev–Trinajstić information content (AvgIpc) is 2.92. The standard InChI is InChI=1S/C12H13BrN4O3S/c1-19-11(18)8-17-12(14-15-16-17)21-7-6-20-10-4-2-9(13)3-5-10/h2-5H,6-8H2,1H3. The largest absolute Gasteiger partial charge is 0.493 e. The van der Waals surface area contributed by atoms with Gasteiger partial charge in [0.25, 0.3) is 0 Å². The van der Waals surface area contributed by atoms with E-state index in [-0.39, 0.29) is 6.54 Å². The molecule has 0 saturated carbocycles. The summed E-state index contributed by atoms with van der Waals surface area (Å²) in [5.74, 6) is 1.07. The average molecular weight is 373 g/mol. The monoisotopic (exact) mass is 372 g/mol. The van der Waals surface area contributed by atoms with E-state index in [9.17, 15) is 4.79 Å². The van der Waals surface area contributed by atoms with Crippen molar-refractivity contribution in [3.8, 4) is 5.75 Å². The molecule has 1 heterocycles. The molecule has 0 atom stereocenters. The lowest BCUT2D eigenvalue weighted by Gasteiger charge is -2.06. The number of hydrogen-bond acceptors (Lipinski definition) is 7. The highest BCUT2D eigenvalue weighted by Gasteiger charge is 2.10. The number of methoxy groups -OCH3 is 1. The maximum absolute atomic E-state index is 11.2. The third-order valence-corrected chi connectivity index (χ3v) is 3.85. The second-order valence-electron chi connectivity index (χ2n) is 3.85. The molecule has 0 aliphatic carbocycles. The van der Waals surface area contributed by atoms with E-state index in [2.05, 4.69) is 36.2 Å². The summed E-state index contributed by atoms with van der Waals surface area (Å²) in [5.41, 5.74) is 0. The number of aromatic nitrogens is 4. The number of carbonyl (C=O) groups is 1. The number of tetrazole rings is 1. The van der Waals surface area contributed by atoms with E-state index in [4.69, 9.17) is 4.74 Å². The first-order valence-electron chi connectivity index (χ1n) is 6.03. The van der Waals surface area contributed by atoms with Gasteiger partial charge in [-0.15, -0.1) is 5.10 Å². The molecule has 0 aliphatic rings. The van der Waals surface area contributed by atoms with Gasteiger partial charge < -0.3 is 9.47 Å². The van der Waals surface area contributed by atoms with Gasteiger partial charge in [0.1, 0.15) is 12.3 Å². The molecule has 1 aromatic heterocycles. The predicted octanol–water partition coefficient (Wildman–Crippen LogP) is 1.78. The van der Waals surface area contributed by atoms with Crippen molar-refractivity contribution < 1.29 is 14.3 Å². The van der Waals surface area contributed by atoms with E-state index < -0.39 is 5.97 Å². The second kappa shape index (κ2) is 7.99. The van der Waals surface area contributed by atoms with Crippen molar-refractivity contribution in [1.82, 2.24) is 20.2 Å². The number of esters is 1. The lowest BCUT2D eigenvalue weighted by molar-refractivity contribution is -0.141. The summed E-state index contributed by atoms with van der Waals surface area (Å²) in [5, 5.41) is 11.7. The number of carbonyl (C=O) groups excluding carboxylic acids is 1. The lowest BCUT2D eigenvalue weighted by atomic mass is 10.3. The minimum absolute atomic E-state index is 0.000593. The quantitative estimate of drug-likeness (QED) is 0.416. The molecule has 2 rings (SSSR count). The van der Waals surface area contributed by atoms with E-state index in [1.165, 1.54) is 23.6 Å². The fraction of sp³-hybridized carbons (Fsp3) is 0.333. The number of rotatable bonds is 7. The van der Waals surface area contributed by atoms with Gasteiger partial charge in [0.15, 0.2) is 0 Å². The molecule has 1 aromatic carbocycles. The van der Waals surface area contributed by atoms with Gasteiger partial charge in [0, 0.05) is 10.2 Å². The zero-order valence-electron chi connectivity index (χ0n) is 11.2. The Hall–Kier alpha value is -1.61. The zero-order valence-corrected chi connectivity index (χ0v) is 13.6. The highest BCUT2D eigenvalue weighted by Crippen LogP contribution is 2.17. The smallest absolute Gasteiger partial charge is 0.327 e. The van der Waals surface area contributed by atoms with Crippen LogP contribution in [-0.2, 0) is 16.1 Å². The molecule has 0 aliphatic heterocycles. The fourth-order valence-corrected chi connectivity index (χ4v) is 2.37. The summed E-state index contributed by atoms with van der Waals surface area (Å²) in [7, 11) is 1.32. The molecule has 0 unspecified atom stereocenters. The number of halogens is 1. The highest BCUT2D eigenvalue weighted by molar-refractivity contribution is 9.10. The van der Waals surface area contributed by atoms with Gasteiger partial charge >= 0.3 is 5.97 Å². The van der Waals surface area contributed by atoms with Gasteiger partial charge in [-0.05, 0) is 34.7 Å². The van der Waals surface area contributed by atoms with Gasteiger partial charge in [0.05, 0.1) is 13.7 Å². The minimum Gasteiger partial charge on any atom is -0.493 e. The maximum Gasteiger partial charge on any atom is 0.327 e. The maximum atomic E-state index is 11.2.